The minimum absolute atomic E-state index is 0.138. The summed E-state index contributed by atoms with van der Waals surface area (Å²) in [6.07, 6.45) is -4.98. The van der Waals surface area contributed by atoms with E-state index in [2.05, 4.69) is 0 Å². The minimum atomic E-state index is -4.98. The molecule has 0 aliphatic carbocycles. The highest BCUT2D eigenvalue weighted by molar-refractivity contribution is 6.31. The molecule has 0 unspecified atom stereocenters. The van der Waals surface area contributed by atoms with Crippen molar-refractivity contribution in [2.75, 3.05) is 0 Å². The fourth-order valence-corrected chi connectivity index (χ4v) is 2.80. The maximum absolute atomic E-state index is 14.4. The van der Waals surface area contributed by atoms with Crippen LogP contribution in [0, 0.1) is 5.82 Å². The lowest BCUT2D eigenvalue weighted by atomic mass is 9.84. The highest BCUT2D eigenvalue weighted by atomic mass is 35.5. The molecule has 0 fully saturated rings. The van der Waals surface area contributed by atoms with Gasteiger partial charge in [0.15, 0.2) is 0 Å². The van der Waals surface area contributed by atoms with Gasteiger partial charge < -0.3 is 9.90 Å². The third-order valence-electron chi connectivity index (χ3n) is 4.07. The predicted octanol–water partition coefficient (Wildman–Crippen LogP) is 1.37. The first-order valence-electron chi connectivity index (χ1n) is 7.31. The number of carbonyl (C=O) groups is 1. The molecule has 0 amide bonds. The first kappa shape index (κ1) is 20.7. The summed E-state index contributed by atoms with van der Waals surface area (Å²) in [4.78, 5) is 35.7. The average molecular weight is 408 g/mol. The van der Waals surface area contributed by atoms with Crippen molar-refractivity contribution in [3.05, 3.63) is 61.1 Å². The second-order valence-corrected chi connectivity index (χ2v) is 6.65. The number of aliphatic carboxylic acids is 1. The zero-order chi connectivity index (χ0) is 20.9. The van der Waals surface area contributed by atoms with Crippen molar-refractivity contribution in [3.8, 4) is 5.69 Å². The SMILES string of the molecule is Cn1c(C(F)(F)F)cc(=O)n(-c2cc(C(C)(C)C(=O)[O-])c(Cl)cc2F)c1=O. The molecule has 0 bridgehead atoms. The molecule has 1 heterocycles. The van der Waals surface area contributed by atoms with Crippen LogP contribution in [0.4, 0.5) is 17.6 Å². The number of benzene rings is 1. The van der Waals surface area contributed by atoms with E-state index in [1.807, 2.05) is 0 Å². The van der Waals surface area contributed by atoms with Crippen LogP contribution in [0.15, 0.2) is 27.8 Å². The number of halogens is 5. The summed E-state index contributed by atoms with van der Waals surface area (Å²) in [5.74, 6) is -2.77. The molecule has 6 nitrogen and oxygen atoms in total. The molecule has 146 valence electrons. The van der Waals surface area contributed by atoms with Gasteiger partial charge in [0.25, 0.3) is 5.56 Å². The number of aromatic nitrogens is 2. The smallest absolute Gasteiger partial charge is 0.431 e. The molecule has 0 atom stereocenters. The molecule has 0 N–H and O–H groups in total. The Balaban J connectivity index is 2.89. The van der Waals surface area contributed by atoms with E-state index in [1.54, 1.807) is 0 Å². The van der Waals surface area contributed by atoms with E-state index < -0.39 is 46.0 Å². The predicted molar refractivity (Wildman–Crippen MR) is 85.3 cm³/mol. The molecule has 27 heavy (non-hydrogen) atoms. The van der Waals surface area contributed by atoms with Crippen molar-refractivity contribution in [2.24, 2.45) is 7.05 Å². The van der Waals surface area contributed by atoms with Crippen LogP contribution in [0.1, 0.15) is 25.1 Å². The Kier molecular flexibility index (Phi) is 5.00. The lowest BCUT2D eigenvalue weighted by Gasteiger charge is -2.28. The molecule has 0 saturated carbocycles. The maximum atomic E-state index is 14.4. The highest BCUT2D eigenvalue weighted by Gasteiger charge is 2.35. The zero-order valence-corrected chi connectivity index (χ0v) is 14.9. The van der Waals surface area contributed by atoms with Crippen LogP contribution in [-0.2, 0) is 23.4 Å². The van der Waals surface area contributed by atoms with Crippen LogP contribution in [-0.4, -0.2) is 15.1 Å². The van der Waals surface area contributed by atoms with E-state index in [1.165, 1.54) is 13.8 Å². The van der Waals surface area contributed by atoms with Gasteiger partial charge in [-0.3, -0.25) is 9.36 Å². The molecule has 1 aromatic heterocycles. The molecule has 0 spiro atoms. The van der Waals surface area contributed by atoms with Crippen molar-refractivity contribution in [1.82, 2.24) is 9.13 Å². The fourth-order valence-electron chi connectivity index (χ4n) is 2.42. The van der Waals surface area contributed by atoms with Gasteiger partial charge in [0, 0.05) is 23.6 Å². The Bertz CT molecular complexity index is 1050. The number of hydrogen-bond donors (Lipinski definition) is 0. The number of rotatable bonds is 3. The van der Waals surface area contributed by atoms with Crippen LogP contribution in [0.25, 0.3) is 5.69 Å². The number of carboxylic acid groups (broad SMARTS) is 1. The fraction of sp³-hybridized carbons (Fsp3) is 0.312. The normalized spacial score (nSPS) is 12.3. The van der Waals surface area contributed by atoms with Gasteiger partial charge >= 0.3 is 11.9 Å². The van der Waals surface area contributed by atoms with E-state index >= 15 is 0 Å². The zero-order valence-electron chi connectivity index (χ0n) is 14.1. The molecule has 0 radical (unpaired) electrons. The van der Waals surface area contributed by atoms with Crippen LogP contribution in [0.3, 0.4) is 0 Å². The third-order valence-corrected chi connectivity index (χ3v) is 4.38. The molecular weight excluding hydrogens is 396 g/mol. The molecule has 2 rings (SSSR count). The first-order valence-corrected chi connectivity index (χ1v) is 7.69. The van der Waals surface area contributed by atoms with E-state index in [-0.39, 0.29) is 25.8 Å². The van der Waals surface area contributed by atoms with Crippen LogP contribution in [0.2, 0.25) is 5.02 Å². The van der Waals surface area contributed by atoms with Crippen molar-refractivity contribution in [3.63, 3.8) is 0 Å². The molecule has 0 aliphatic heterocycles. The van der Waals surface area contributed by atoms with Gasteiger partial charge in [-0.15, -0.1) is 0 Å². The van der Waals surface area contributed by atoms with Crippen LogP contribution >= 0.6 is 11.6 Å². The van der Waals surface area contributed by atoms with Crippen molar-refractivity contribution < 1.29 is 27.5 Å². The summed E-state index contributed by atoms with van der Waals surface area (Å²) in [6.45, 7) is 2.39. The Morgan fingerprint density at radius 2 is 1.70 bits per heavy atom. The number of hydrogen-bond acceptors (Lipinski definition) is 4. The summed E-state index contributed by atoms with van der Waals surface area (Å²) in [5.41, 5.74) is -7.08. The summed E-state index contributed by atoms with van der Waals surface area (Å²) in [7, 11) is 0.765. The Hall–Kier alpha value is -2.62. The van der Waals surface area contributed by atoms with Crippen molar-refractivity contribution in [1.29, 1.82) is 0 Å². The first-order chi connectivity index (χ1) is 12.2. The number of alkyl halides is 3. The third kappa shape index (κ3) is 3.48. The molecule has 1 aromatic carbocycles. The van der Waals surface area contributed by atoms with E-state index in [9.17, 15) is 37.1 Å². The van der Waals surface area contributed by atoms with E-state index in [0.717, 1.165) is 13.1 Å². The number of carbonyl (C=O) groups excluding carboxylic acids is 1. The molecule has 2 aromatic rings. The Labute approximate surface area is 154 Å². The highest BCUT2D eigenvalue weighted by Crippen LogP contribution is 2.33. The largest absolute Gasteiger partial charge is 0.549 e. The van der Waals surface area contributed by atoms with E-state index in [0.29, 0.717) is 6.07 Å². The van der Waals surface area contributed by atoms with Gasteiger partial charge in [-0.1, -0.05) is 25.4 Å². The van der Waals surface area contributed by atoms with E-state index in [4.69, 9.17) is 11.6 Å². The second-order valence-electron chi connectivity index (χ2n) is 6.24. The number of nitrogens with zero attached hydrogens (tertiary/aromatic N) is 2. The molecular formula is C16H12ClF4N2O4-. The monoisotopic (exact) mass is 407 g/mol. The lowest BCUT2D eigenvalue weighted by Crippen LogP contribution is -2.43. The summed E-state index contributed by atoms with van der Waals surface area (Å²) >= 11 is 5.86. The molecule has 11 heteroatoms. The second kappa shape index (κ2) is 6.52. The van der Waals surface area contributed by atoms with Crippen LogP contribution in [0.5, 0.6) is 0 Å². The summed E-state index contributed by atoms with van der Waals surface area (Å²) in [5, 5.41) is 11.0. The van der Waals surface area contributed by atoms with Crippen LogP contribution < -0.4 is 16.4 Å². The minimum Gasteiger partial charge on any atom is -0.549 e. The summed E-state index contributed by atoms with van der Waals surface area (Å²) < 4.78 is 53.4. The Morgan fingerprint density at radius 1 is 1.15 bits per heavy atom. The standard InChI is InChI=1S/C16H13ClF4N2O4/c1-15(2,13(25)26)7-4-10(9(18)5-8(7)17)23-12(24)6-11(16(19,20)21)22(3)14(23)27/h4-6H,1-3H3,(H,25,26)/p-1. The van der Waals surface area contributed by atoms with Gasteiger partial charge in [-0.2, -0.15) is 13.2 Å². The average Bonchev–Trinajstić information content (AvgIpc) is 2.51. The lowest BCUT2D eigenvalue weighted by molar-refractivity contribution is -0.312. The van der Waals surface area contributed by atoms with Gasteiger partial charge in [-0.05, 0) is 17.7 Å². The number of carboxylic acids is 1. The quantitative estimate of drug-likeness (QED) is 0.719. The summed E-state index contributed by atoms with van der Waals surface area (Å²) in [6, 6.07) is 1.63. The van der Waals surface area contributed by atoms with Gasteiger partial charge in [-0.25, -0.2) is 13.8 Å². The van der Waals surface area contributed by atoms with Gasteiger partial charge in [0.1, 0.15) is 11.5 Å². The molecule has 0 saturated heterocycles. The van der Waals surface area contributed by atoms with Crippen molar-refractivity contribution >= 4 is 17.6 Å². The topological polar surface area (TPSA) is 84.1 Å². The maximum Gasteiger partial charge on any atom is 0.431 e. The molecule has 0 aliphatic rings. The Morgan fingerprint density at radius 3 is 2.19 bits per heavy atom. The van der Waals surface area contributed by atoms with Gasteiger partial charge in [0.2, 0.25) is 0 Å². The van der Waals surface area contributed by atoms with Crippen molar-refractivity contribution in [2.45, 2.75) is 25.4 Å². The van der Waals surface area contributed by atoms with Gasteiger partial charge in [0.05, 0.1) is 11.7 Å².